The number of nitro benzene ring substituents is 1. The molecular formula is C16H15F3N2O4S. The number of hydrogen-bond donors (Lipinski definition) is 0. The summed E-state index contributed by atoms with van der Waals surface area (Å²) in [4.78, 5) is 9.96. The number of halogens is 3. The van der Waals surface area contributed by atoms with Crippen LogP contribution in [-0.2, 0) is 16.2 Å². The van der Waals surface area contributed by atoms with Crippen molar-refractivity contribution >= 4 is 15.7 Å². The van der Waals surface area contributed by atoms with Crippen molar-refractivity contribution in [3.63, 3.8) is 0 Å². The Morgan fingerprint density at radius 3 is 2.19 bits per heavy atom. The number of benzene rings is 2. The van der Waals surface area contributed by atoms with Crippen molar-refractivity contribution in [2.45, 2.75) is 24.0 Å². The molecule has 0 saturated carbocycles. The molecule has 2 rings (SSSR count). The van der Waals surface area contributed by atoms with Gasteiger partial charge in [-0.1, -0.05) is 12.1 Å². The van der Waals surface area contributed by atoms with Crippen LogP contribution in [0.15, 0.2) is 53.4 Å². The van der Waals surface area contributed by atoms with Crippen LogP contribution in [0.4, 0.5) is 18.9 Å². The quantitative estimate of drug-likeness (QED) is 0.573. The summed E-state index contributed by atoms with van der Waals surface area (Å²) in [7, 11) is -2.83. The van der Waals surface area contributed by atoms with Gasteiger partial charge in [-0.15, -0.1) is 0 Å². The highest BCUT2D eigenvalue weighted by Crippen LogP contribution is 2.32. The maximum Gasteiger partial charge on any atom is 0.416 e. The Kier molecular flexibility index (Phi) is 5.38. The lowest BCUT2D eigenvalue weighted by Crippen LogP contribution is -2.30. The first-order chi connectivity index (χ1) is 11.9. The zero-order valence-electron chi connectivity index (χ0n) is 13.8. The number of nitro groups is 1. The summed E-state index contributed by atoms with van der Waals surface area (Å²) in [6.45, 7) is 1.53. The van der Waals surface area contributed by atoms with E-state index in [1.54, 1.807) is 0 Å². The van der Waals surface area contributed by atoms with Crippen molar-refractivity contribution in [1.82, 2.24) is 4.31 Å². The van der Waals surface area contributed by atoms with Crippen LogP contribution in [0.5, 0.6) is 0 Å². The summed E-state index contributed by atoms with van der Waals surface area (Å²) in [6.07, 6.45) is -4.57. The predicted molar refractivity (Wildman–Crippen MR) is 87.9 cm³/mol. The summed E-state index contributed by atoms with van der Waals surface area (Å²) in [5.74, 6) is 0. The molecule has 0 fully saturated rings. The van der Waals surface area contributed by atoms with Gasteiger partial charge in [-0.25, -0.2) is 8.42 Å². The Morgan fingerprint density at radius 1 is 1.12 bits per heavy atom. The van der Waals surface area contributed by atoms with Gasteiger partial charge in [0.15, 0.2) is 0 Å². The van der Waals surface area contributed by atoms with Crippen LogP contribution < -0.4 is 0 Å². The van der Waals surface area contributed by atoms with Crippen LogP contribution in [0.25, 0.3) is 0 Å². The van der Waals surface area contributed by atoms with E-state index in [4.69, 9.17) is 0 Å². The Bertz CT molecular complexity index is 912. The molecule has 0 saturated heterocycles. The lowest BCUT2D eigenvalue weighted by molar-refractivity contribution is -0.384. The minimum Gasteiger partial charge on any atom is -0.258 e. The molecule has 0 aromatic heterocycles. The molecule has 0 aliphatic carbocycles. The fourth-order valence-electron chi connectivity index (χ4n) is 2.30. The van der Waals surface area contributed by atoms with Gasteiger partial charge in [0.2, 0.25) is 10.0 Å². The van der Waals surface area contributed by atoms with Gasteiger partial charge < -0.3 is 0 Å². The second-order valence-electron chi connectivity index (χ2n) is 5.57. The number of hydrogen-bond acceptors (Lipinski definition) is 4. The van der Waals surface area contributed by atoms with Crippen LogP contribution in [0.3, 0.4) is 0 Å². The molecule has 0 N–H and O–H groups in total. The molecule has 0 bridgehead atoms. The van der Waals surface area contributed by atoms with Crippen molar-refractivity contribution in [2.75, 3.05) is 7.05 Å². The van der Waals surface area contributed by atoms with E-state index in [-0.39, 0.29) is 10.6 Å². The first kappa shape index (κ1) is 19.9. The Balaban J connectivity index is 2.33. The number of alkyl halides is 3. The summed E-state index contributed by atoms with van der Waals surface area (Å²) < 4.78 is 64.1. The fourth-order valence-corrected chi connectivity index (χ4v) is 3.65. The number of sulfonamides is 1. The Hall–Kier alpha value is -2.46. The first-order valence-electron chi connectivity index (χ1n) is 7.34. The van der Waals surface area contributed by atoms with Crippen LogP contribution in [0.1, 0.15) is 24.1 Å². The molecule has 2 aromatic carbocycles. The van der Waals surface area contributed by atoms with Crippen LogP contribution in [0, 0.1) is 10.1 Å². The predicted octanol–water partition coefficient (Wildman–Crippen LogP) is 4.00. The molecule has 26 heavy (non-hydrogen) atoms. The molecule has 0 heterocycles. The summed E-state index contributed by atoms with van der Waals surface area (Å²) in [5.41, 5.74) is -0.752. The van der Waals surface area contributed by atoms with Crippen molar-refractivity contribution < 1.29 is 26.5 Å². The van der Waals surface area contributed by atoms with E-state index in [0.717, 1.165) is 16.4 Å². The lowest BCUT2D eigenvalue weighted by Gasteiger charge is -2.24. The molecule has 0 aliphatic heterocycles. The lowest BCUT2D eigenvalue weighted by atomic mass is 10.1. The molecule has 0 spiro atoms. The number of nitrogens with zero attached hydrogens (tertiary/aromatic N) is 2. The maximum absolute atomic E-state index is 12.6. The smallest absolute Gasteiger partial charge is 0.258 e. The van der Waals surface area contributed by atoms with Crippen LogP contribution >= 0.6 is 0 Å². The van der Waals surface area contributed by atoms with Gasteiger partial charge in [0.1, 0.15) is 0 Å². The van der Waals surface area contributed by atoms with E-state index in [1.165, 1.54) is 38.2 Å². The summed E-state index contributed by atoms with van der Waals surface area (Å²) in [6, 6.07) is 7.90. The third-order valence-electron chi connectivity index (χ3n) is 3.97. The summed E-state index contributed by atoms with van der Waals surface area (Å²) >= 11 is 0. The molecule has 2 aromatic rings. The van der Waals surface area contributed by atoms with E-state index in [9.17, 15) is 31.7 Å². The zero-order valence-corrected chi connectivity index (χ0v) is 14.6. The van der Waals surface area contributed by atoms with E-state index < -0.39 is 32.7 Å². The van der Waals surface area contributed by atoms with Gasteiger partial charge in [0, 0.05) is 25.2 Å². The zero-order chi connectivity index (χ0) is 19.7. The first-order valence-corrected chi connectivity index (χ1v) is 8.78. The molecule has 0 radical (unpaired) electrons. The minimum absolute atomic E-state index is 0.185. The van der Waals surface area contributed by atoms with Gasteiger partial charge in [-0.2, -0.15) is 17.5 Å². The molecule has 1 unspecified atom stereocenters. The monoisotopic (exact) mass is 388 g/mol. The Labute approximate surface area is 148 Å². The highest BCUT2D eigenvalue weighted by Gasteiger charge is 2.32. The van der Waals surface area contributed by atoms with Gasteiger partial charge in [0.25, 0.3) is 5.69 Å². The fraction of sp³-hybridized carbons (Fsp3) is 0.250. The van der Waals surface area contributed by atoms with E-state index >= 15 is 0 Å². The second kappa shape index (κ2) is 7.04. The van der Waals surface area contributed by atoms with E-state index in [2.05, 4.69) is 0 Å². The number of rotatable bonds is 5. The normalized spacial score (nSPS) is 13.6. The van der Waals surface area contributed by atoms with Crippen molar-refractivity contribution in [1.29, 1.82) is 0 Å². The SMILES string of the molecule is CC(c1cccc([N+](=O)[O-])c1)N(C)S(=O)(=O)c1ccc(C(F)(F)F)cc1. The Morgan fingerprint density at radius 2 is 1.69 bits per heavy atom. The molecule has 10 heteroatoms. The standard InChI is InChI=1S/C16H15F3N2O4S/c1-11(12-4-3-5-14(10-12)21(22)23)20(2)26(24,25)15-8-6-13(7-9-15)16(17,18)19/h3-11H,1-2H3. The topological polar surface area (TPSA) is 80.5 Å². The highest BCUT2D eigenvalue weighted by atomic mass is 32.2. The summed E-state index contributed by atoms with van der Waals surface area (Å²) in [5, 5.41) is 10.9. The molecule has 0 amide bonds. The van der Waals surface area contributed by atoms with Crippen LogP contribution in [-0.4, -0.2) is 24.7 Å². The highest BCUT2D eigenvalue weighted by molar-refractivity contribution is 7.89. The third-order valence-corrected chi connectivity index (χ3v) is 5.91. The molecular weight excluding hydrogens is 373 g/mol. The van der Waals surface area contributed by atoms with Crippen molar-refractivity contribution in [3.05, 3.63) is 69.8 Å². The average molecular weight is 388 g/mol. The number of non-ortho nitro benzene ring substituents is 1. The minimum atomic E-state index is -4.57. The molecule has 0 aliphatic rings. The van der Waals surface area contributed by atoms with E-state index in [0.29, 0.717) is 17.7 Å². The van der Waals surface area contributed by atoms with E-state index in [1.807, 2.05) is 0 Å². The van der Waals surface area contributed by atoms with Gasteiger partial charge in [-0.05, 0) is 36.8 Å². The second-order valence-corrected chi connectivity index (χ2v) is 7.57. The van der Waals surface area contributed by atoms with Gasteiger partial charge in [0.05, 0.1) is 15.4 Å². The van der Waals surface area contributed by atoms with Gasteiger partial charge in [-0.3, -0.25) is 10.1 Å². The third kappa shape index (κ3) is 4.02. The average Bonchev–Trinajstić information content (AvgIpc) is 2.59. The van der Waals surface area contributed by atoms with Crippen LogP contribution in [0.2, 0.25) is 0 Å². The van der Waals surface area contributed by atoms with Gasteiger partial charge >= 0.3 is 6.18 Å². The molecule has 6 nitrogen and oxygen atoms in total. The largest absolute Gasteiger partial charge is 0.416 e. The van der Waals surface area contributed by atoms with Crippen molar-refractivity contribution in [2.24, 2.45) is 0 Å². The molecule has 140 valence electrons. The maximum atomic E-state index is 12.6. The van der Waals surface area contributed by atoms with Crippen molar-refractivity contribution in [3.8, 4) is 0 Å². The molecule has 1 atom stereocenters.